The first-order valence-electron chi connectivity index (χ1n) is 7.25. The molecule has 1 aliphatic heterocycles. The smallest absolute Gasteiger partial charge is 0.354 e. The lowest BCUT2D eigenvalue weighted by Gasteiger charge is -2.21. The summed E-state index contributed by atoms with van der Waals surface area (Å²) in [4.78, 5) is 16.1. The molecule has 0 bridgehead atoms. The molecule has 0 amide bonds. The fourth-order valence-electron chi connectivity index (χ4n) is 2.93. The van der Waals surface area contributed by atoms with Gasteiger partial charge in [-0.3, -0.25) is 0 Å². The quantitative estimate of drug-likeness (QED) is 0.772. The second-order valence-corrected chi connectivity index (χ2v) is 7.29. The number of aromatic carboxylic acids is 1. The summed E-state index contributed by atoms with van der Waals surface area (Å²) < 4.78 is 1.41. The number of nitrogens with zero attached hydrogens (tertiary/aromatic N) is 3. The number of aromatic nitrogens is 2. The lowest BCUT2D eigenvalue weighted by atomic mass is 10.1. The Morgan fingerprint density at radius 2 is 2.22 bits per heavy atom. The summed E-state index contributed by atoms with van der Waals surface area (Å²) in [6.45, 7) is 2.01. The molecule has 1 N–H and O–H groups in total. The number of hydrogen-bond donors (Lipinski definition) is 1. The number of likely N-dealkylation sites (N-methyl/N-ethyl adjacent to an activating group) is 1. The van der Waals surface area contributed by atoms with Gasteiger partial charge in [-0.05, 0) is 43.3 Å². The third-order valence-corrected chi connectivity index (χ3v) is 5.66. The molecule has 118 valence electrons. The highest BCUT2D eigenvalue weighted by Gasteiger charge is 2.19. The van der Waals surface area contributed by atoms with Crippen LogP contribution in [-0.4, -0.2) is 39.2 Å². The highest BCUT2D eigenvalue weighted by molar-refractivity contribution is 7.15. The molecule has 0 aliphatic carbocycles. The fraction of sp³-hybridized carbons (Fsp3) is 0.250. The molecule has 0 saturated heterocycles. The van der Waals surface area contributed by atoms with Crippen molar-refractivity contribution in [1.29, 1.82) is 0 Å². The molecule has 0 aromatic carbocycles. The van der Waals surface area contributed by atoms with E-state index in [2.05, 4.69) is 23.1 Å². The van der Waals surface area contributed by atoms with E-state index in [0.29, 0.717) is 10.5 Å². The van der Waals surface area contributed by atoms with Crippen LogP contribution in [0.2, 0.25) is 5.02 Å². The van der Waals surface area contributed by atoms with E-state index in [1.54, 1.807) is 11.3 Å². The molecule has 7 heteroatoms. The summed E-state index contributed by atoms with van der Waals surface area (Å²) in [5.74, 6) is -1.04. The van der Waals surface area contributed by atoms with Crippen molar-refractivity contribution < 1.29 is 9.90 Å². The van der Waals surface area contributed by atoms with Crippen LogP contribution in [0.15, 0.2) is 24.3 Å². The van der Waals surface area contributed by atoms with E-state index in [9.17, 15) is 9.90 Å². The van der Waals surface area contributed by atoms with Gasteiger partial charge >= 0.3 is 5.97 Å². The number of carboxylic acid groups (broad SMARTS) is 1. The van der Waals surface area contributed by atoms with Crippen molar-refractivity contribution in [2.75, 3.05) is 13.6 Å². The van der Waals surface area contributed by atoms with Crippen LogP contribution in [0, 0.1) is 0 Å². The summed E-state index contributed by atoms with van der Waals surface area (Å²) in [5.41, 5.74) is 2.79. The molecule has 3 aromatic heterocycles. The van der Waals surface area contributed by atoms with E-state index in [4.69, 9.17) is 11.6 Å². The third kappa shape index (κ3) is 2.43. The zero-order chi connectivity index (χ0) is 16.1. The third-order valence-electron chi connectivity index (χ3n) is 4.10. The number of rotatable bonds is 2. The van der Waals surface area contributed by atoms with Gasteiger partial charge in [0.15, 0.2) is 5.69 Å². The topological polar surface area (TPSA) is 57.8 Å². The van der Waals surface area contributed by atoms with Crippen molar-refractivity contribution in [1.82, 2.24) is 14.5 Å². The van der Waals surface area contributed by atoms with Crippen molar-refractivity contribution in [3.05, 3.63) is 45.4 Å². The predicted molar refractivity (Wildman–Crippen MR) is 90.5 cm³/mol. The minimum Gasteiger partial charge on any atom is -0.477 e. The summed E-state index contributed by atoms with van der Waals surface area (Å²) >= 11 is 7.83. The minimum absolute atomic E-state index is 0.0768. The Kier molecular flexibility index (Phi) is 3.41. The molecule has 4 heterocycles. The van der Waals surface area contributed by atoms with Gasteiger partial charge in [0.05, 0.1) is 15.4 Å². The molecule has 5 nitrogen and oxygen atoms in total. The Morgan fingerprint density at radius 1 is 1.39 bits per heavy atom. The predicted octanol–water partition coefficient (Wildman–Crippen LogP) is 3.40. The van der Waals surface area contributed by atoms with Gasteiger partial charge in [0.2, 0.25) is 0 Å². The van der Waals surface area contributed by atoms with Crippen LogP contribution >= 0.6 is 22.9 Å². The van der Waals surface area contributed by atoms with Gasteiger partial charge in [-0.2, -0.15) is 5.10 Å². The van der Waals surface area contributed by atoms with Gasteiger partial charge < -0.3 is 10.0 Å². The number of hydrogen-bond acceptors (Lipinski definition) is 4. The molecule has 4 rings (SSSR count). The van der Waals surface area contributed by atoms with Crippen molar-refractivity contribution in [2.24, 2.45) is 0 Å². The van der Waals surface area contributed by atoms with Crippen LogP contribution in [0.25, 0.3) is 16.1 Å². The van der Waals surface area contributed by atoms with Gasteiger partial charge in [-0.15, -0.1) is 11.3 Å². The monoisotopic (exact) mass is 347 g/mol. The first-order chi connectivity index (χ1) is 11.0. The number of thiophene rings is 1. The molecule has 0 fully saturated rings. The summed E-state index contributed by atoms with van der Waals surface area (Å²) in [5, 5.41) is 14.2. The van der Waals surface area contributed by atoms with Gasteiger partial charge in [0.25, 0.3) is 0 Å². The zero-order valence-electron chi connectivity index (χ0n) is 12.4. The van der Waals surface area contributed by atoms with Crippen LogP contribution < -0.4 is 0 Å². The van der Waals surface area contributed by atoms with Gasteiger partial charge in [-0.25, -0.2) is 9.31 Å². The zero-order valence-corrected chi connectivity index (χ0v) is 14.0. The first-order valence-corrected chi connectivity index (χ1v) is 8.44. The Bertz CT molecular complexity index is 931. The van der Waals surface area contributed by atoms with Crippen LogP contribution in [0.5, 0.6) is 0 Å². The maximum Gasteiger partial charge on any atom is 0.354 e. The highest BCUT2D eigenvalue weighted by Crippen LogP contribution is 2.34. The molecule has 0 atom stereocenters. The summed E-state index contributed by atoms with van der Waals surface area (Å²) in [6, 6.07) is 7.32. The average molecular weight is 348 g/mol. The molecule has 3 aromatic rings. The second kappa shape index (κ2) is 5.33. The van der Waals surface area contributed by atoms with E-state index in [-0.39, 0.29) is 5.69 Å². The van der Waals surface area contributed by atoms with Gasteiger partial charge in [0.1, 0.15) is 5.69 Å². The van der Waals surface area contributed by atoms with Crippen LogP contribution in [0.4, 0.5) is 0 Å². The average Bonchev–Trinajstić information content (AvgIpc) is 3.08. The van der Waals surface area contributed by atoms with E-state index in [0.717, 1.165) is 30.1 Å². The number of carbonyl (C=O) groups is 1. The molecule has 23 heavy (non-hydrogen) atoms. The van der Waals surface area contributed by atoms with E-state index in [1.807, 2.05) is 12.1 Å². The van der Waals surface area contributed by atoms with E-state index in [1.165, 1.54) is 21.0 Å². The fourth-order valence-corrected chi connectivity index (χ4v) is 4.30. The molecule has 1 aliphatic rings. The lowest BCUT2D eigenvalue weighted by molar-refractivity contribution is 0.0688. The van der Waals surface area contributed by atoms with Crippen molar-refractivity contribution in [3.63, 3.8) is 0 Å². The van der Waals surface area contributed by atoms with Gasteiger partial charge in [-0.1, -0.05) is 11.6 Å². The van der Waals surface area contributed by atoms with E-state index >= 15 is 0 Å². The van der Waals surface area contributed by atoms with Crippen molar-refractivity contribution >= 4 is 34.4 Å². The normalized spacial score (nSPS) is 15.0. The molecule has 0 unspecified atom stereocenters. The largest absolute Gasteiger partial charge is 0.477 e. The number of fused-ring (bicyclic) bond motifs is 2. The Hall–Kier alpha value is -1.89. The van der Waals surface area contributed by atoms with Crippen LogP contribution in [-0.2, 0) is 13.0 Å². The number of carboxylic acids is 1. The van der Waals surface area contributed by atoms with Gasteiger partial charge in [0, 0.05) is 18.0 Å². The molecular formula is C16H14ClN3O2S. The Morgan fingerprint density at radius 3 is 3.00 bits per heavy atom. The van der Waals surface area contributed by atoms with Crippen LogP contribution in [0.3, 0.4) is 0 Å². The maximum atomic E-state index is 11.3. The first kappa shape index (κ1) is 14.7. The lowest BCUT2D eigenvalue weighted by Crippen LogP contribution is -2.25. The maximum absolute atomic E-state index is 11.3. The Balaban J connectivity index is 1.83. The molecule has 0 saturated carbocycles. The van der Waals surface area contributed by atoms with Crippen molar-refractivity contribution in [2.45, 2.75) is 13.0 Å². The highest BCUT2D eigenvalue weighted by atomic mass is 35.5. The molecular weight excluding hydrogens is 334 g/mol. The standard InChI is InChI=1S/C16H14ClN3O2S/c1-19-5-4-14-9(8-19)6-15(23-14)11-2-3-12-10(17)7-13(16(21)22)20(12)18-11/h2-3,6-7H,4-5,8H2,1H3,(H,21,22). The SMILES string of the molecule is CN1CCc2sc(-c3ccc4c(Cl)cc(C(=O)O)n4n3)cc2C1. The summed E-state index contributed by atoms with van der Waals surface area (Å²) in [7, 11) is 2.12. The van der Waals surface area contributed by atoms with Crippen LogP contribution in [0.1, 0.15) is 20.9 Å². The number of halogens is 1. The molecule has 0 radical (unpaired) electrons. The van der Waals surface area contributed by atoms with Crippen molar-refractivity contribution in [3.8, 4) is 10.6 Å². The molecule has 0 spiro atoms. The van der Waals surface area contributed by atoms with E-state index < -0.39 is 5.97 Å². The Labute approximate surface area is 141 Å². The summed E-state index contributed by atoms with van der Waals surface area (Å²) in [6.07, 6.45) is 1.05. The second-order valence-electron chi connectivity index (χ2n) is 5.75. The minimum atomic E-state index is -1.04.